The summed E-state index contributed by atoms with van der Waals surface area (Å²) in [6.45, 7) is 15.7. The highest BCUT2D eigenvalue weighted by Crippen LogP contribution is 2.26. The van der Waals surface area contributed by atoms with E-state index >= 15 is 0 Å². The highest BCUT2D eigenvalue weighted by Gasteiger charge is 2.26. The molecular formula is C19H38N2O2. The minimum atomic E-state index is -0.245. The summed E-state index contributed by atoms with van der Waals surface area (Å²) in [6, 6.07) is 0. The maximum atomic E-state index is 10.2. The predicted octanol–water partition coefficient (Wildman–Crippen LogP) is 2.61. The molecule has 2 aliphatic rings. The van der Waals surface area contributed by atoms with E-state index in [1.807, 2.05) is 0 Å². The van der Waals surface area contributed by atoms with Gasteiger partial charge in [-0.3, -0.25) is 9.80 Å². The van der Waals surface area contributed by atoms with Crippen LogP contribution in [0, 0.1) is 11.3 Å². The molecule has 0 aromatic heterocycles. The first-order valence-electron chi connectivity index (χ1n) is 9.60. The zero-order valence-corrected chi connectivity index (χ0v) is 15.8. The van der Waals surface area contributed by atoms with Crippen LogP contribution in [0.1, 0.15) is 53.4 Å². The number of ether oxygens (including phenoxy) is 1. The summed E-state index contributed by atoms with van der Waals surface area (Å²) in [7, 11) is 0. The van der Waals surface area contributed by atoms with Gasteiger partial charge in [0, 0.05) is 39.3 Å². The first-order valence-corrected chi connectivity index (χ1v) is 9.60. The van der Waals surface area contributed by atoms with Gasteiger partial charge in [-0.05, 0) is 24.2 Å². The summed E-state index contributed by atoms with van der Waals surface area (Å²) >= 11 is 0. The van der Waals surface area contributed by atoms with Crippen molar-refractivity contribution in [2.24, 2.45) is 11.3 Å². The minimum absolute atomic E-state index is 0.0261. The fraction of sp³-hybridized carbons (Fsp3) is 1.00. The van der Waals surface area contributed by atoms with E-state index in [-0.39, 0.29) is 11.5 Å². The third kappa shape index (κ3) is 6.33. The van der Waals surface area contributed by atoms with Crippen molar-refractivity contribution >= 4 is 0 Å². The van der Waals surface area contributed by atoms with Crippen LogP contribution in [0.2, 0.25) is 0 Å². The lowest BCUT2D eigenvalue weighted by molar-refractivity contribution is -0.0227. The first-order chi connectivity index (χ1) is 10.9. The lowest BCUT2D eigenvalue weighted by Crippen LogP contribution is -2.50. The normalized spacial score (nSPS) is 29.6. The van der Waals surface area contributed by atoms with Gasteiger partial charge in [-0.1, -0.05) is 40.5 Å². The molecule has 1 N–H and O–H groups in total. The Kier molecular flexibility index (Phi) is 7.33. The van der Waals surface area contributed by atoms with Crippen molar-refractivity contribution < 1.29 is 9.84 Å². The molecule has 0 bridgehead atoms. The van der Waals surface area contributed by atoms with Gasteiger partial charge in [0.1, 0.15) is 0 Å². The van der Waals surface area contributed by atoms with Crippen LogP contribution in [0.25, 0.3) is 0 Å². The van der Waals surface area contributed by atoms with E-state index in [4.69, 9.17) is 4.74 Å². The quantitative estimate of drug-likeness (QED) is 0.814. The Hall–Kier alpha value is -0.160. The molecule has 4 heteroatoms. The van der Waals surface area contributed by atoms with Gasteiger partial charge in [0.15, 0.2) is 0 Å². The maximum absolute atomic E-state index is 10.2. The van der Waals surface area contributed by atoms with Crippen molar-refractivity contribution in [3.05, 3.63) is 0 Å². The summed E-state index contributed by atoms with van der Waals surface area (Å²) in [5.41, 5.74) is -0.0261. The maximum Gasteiger partial charge on any atom is 0.0715 e. The molecule has 1 heterocycles. The molecule has 3 atom stereocenters. The van der Waals surface area contributed by atoms with Gasteiger partial charge in [-0.25, -0.2) is 0 Å². The lowest BCUT2D eigenvalue weighted by atomic mass is 9.88. The number of aliphatic hydroxyl groups excluding tert-OH is 1. The first kappa shape index (κ1) is 19.2. The molecule has 1 aliphatic heterocycles. The second-order valence-corrected chi connectivity index (χ2v) is 8.70. The number of aliphatic hydroxyl groups is 1. The monoisotopic (exact) mass is 326 g/mol. The van der Waals surface area contributed by atoms with Crippen LogP contribution >= 0.6 is 0 Å². The molecule has 0 radical (unpaired) electrons. The molecule has 23 heavy (non-hydrogen) atoms. The van der Waals surface area contributed by atoms with Crippen molar-refractivity contribution in [2.75, 3.05) is 45.9 Å². The van der Waals surface area contributed by atoms with Gasteiger partial charge in [0.25, 0.3) is 0 Å². The summed E-state index contributed by atoms with van der Waals surface area (Å²) < 4.78 is 6.14. The predicted molar refractivity (Wildman–Crippen MR) is 95.7 cm³/mol. The molecule has 0 amide bonds. The number of hydrogen-bond acceptors (Lipinski definition) is 4. The van der Waals surface area contributed by atoms with Gasteiger partial charge in [-0.2, -0.15) is 0 Å². The third-order valence-electron chi connectivity index (χ3n) is 5.67. The molecule has 0 aromatic carbocycles. The van der Waals surface area contributed by atoms with Crippen molar-refractivity contribution in [1.29, 1.82) is 0 Å². The van der Waals surface area contributed by atoms with Crippen LogP contribution in [0.5, 0.6) is 0 Å². The highest BCUT2D eigenvalue weighted by molar-refractivity contribution is 4.80. The molecule has 1 saturated heterocycles. The lowest BCUT2D eigenvalue weighted by Gasteiger charge is -2.38. The summed E-state index contributed by atoms with van der Waals surface area (Å²) in [5, 5.41) is 10.2. The van der Waals surface area contributed by atoms with Gasteiger partial charge in [0.05, 0.1) is 18.8 Å². The number of nitrogens with zero attached hydrogens (tertiary/aromatic N) is 2. The largest absolute Gasteiger partial charge is 0.391 e. The smallest absolute Gasteiger partial charge is 0.0715 e. The number of piperazine rings is 1. The molecule has 0 unspecified atom stereocenters. The average molecular weight is 327 g/mol. The van der Waals surface area contributed by atoms with Gasteiger partial charge in [-0.15, -0.1) is 0 Å². The fourth-order valence-corrected chi connectivity index (χ4v) is 3.58. The Bertz CT molecular complexity index is 335. The third-order valence-corrected chi connectivity index (χ3v) is 5.67. The molecule has 1 aliphatic carbocycles. The highest BCUT2D eigenvalue weighted by atomic mass is 16.5. The van der Waals surface area contributed by atoms with E-state index in [2.05, 4.69) is 37.5 Å². The van der Waals surface area contributed by atoms with Gasteiger partial charge >= 0.3 is 0 Å². The Labute approximate surface area is 143 Å². The summed E-state index contributed by atoms with van der Waals surface area (Å²) in [5.74, 6) is 0.736. The molecule has 0 aromatic rings. The molecule has 1 saturated carbocycles. The molecule has 2 rings (SSSR count). The fourth-order valence-electron chi connectivity index (χ4n) is 3.58. The Balaban J connectivity index is 1.59. The van der Waals surface area contributed by atoms with Crippen molar-refractivity contribution in [2.45, 2.75) is 65.6 Å². The van der Waals surface area contributed by atoms with Crippen molar-refractivity contribution in [3.63, 3.8) is 0 Å². The van der Waals surface area contributed by atoms with Crippen LogP contribution in [-0.4, -0.2) is 73.0 Å². The SMILES string of the molecule is C[C@@H]1CCCC[C@H]1OCCN1CCN(C[C@@H](O)C(C)(C)C)CC1. The average Bonchev–Trinajstić information content (AvgIpc) is 2.50. The van der Waals surface area contributed by atoms with Crippen LogP contribution < -0.4 is 0 Å². The Morgan fingerprint density at radius 2 is 1.65 bits per heavy atom. The van der Waals surface area contributed by atoms with Crippen LogP contribution in [0.15, 0.2) is 0 Å². The zero-order valence-electron chi connectivity index (χ0n) is 15.8. The summed E-state index contributed by atoms with van der Waals surface area (Å²) in [6.07, 6.45) is 5.55. The number of hydrogen-bond donors (Lipinski definition) is 1. The van der Waals surface area contributed by atoms with Crippen LogP contribution in [0.4, 0.5) is 0 Å². The number of rotatable bonds is 6. The molecule has 4 nitrogen and oxygen atoms in total. The molecule has 2 fully saturated rings. The van der Waals surface area contributed by atoms with Crippen molar-refractivity contribution in [1.82, 2.24) is 9.80 Å². The van der Waals surface area contributed by atoms with Gasteiger partial charge in [0.2, 0.25) is 0 Å². The topological polar surface area (TPSA) is 35.9 Å². The van der Waals surface area contributed by atoms with E-state index in [1.54, 1.807) is 0 Å². The summed E-state index contributed by atoms with van der Waals surface area (Å²) in [4.78, 5) is 4.91. The van der Waals surface area contributed by atoms with Crippen LogP contribution in [-0.2, 0) is 4.74 Å². The minimum Gasteiger partial charge on any atom is -0.391 e. The van der Waals surface area contributed by atoms with E-state index in [9.17, 15) is 5.11 Å². The van der Waals surface area contributed by atoms with E-state index < -0.39 is 0 Å². The van der Waals surface area contributed by atoms with E-state index in [0.29, 0.717) is 6.10 Å². The number of β-amino-alcohol motifs (C(OH)–C–C–N with tert-alkyl or cyclic N) is 1. The molecule has 136 valence electrons. The Morgan fingerprint density at radius 1 is 1.04 bits per heavy atom. The van der Waals surface area contributed by atoms with E-state index in [0.717, 1.165) is 51.8 Å². The van der Waals surface area contributed by atoms with E-state index in [1.165, 1.54) is 25.7 Å². The molecule has 0 spiro atoms. The zero-order chi connectivity index (χ0) is 16.9. The van der Waals surface area contributed by atoms with Gasteiger partial charge < -0.3 is 9.84 Å². The molecular weight excluding hydrogens is 288 g/mol. The van der Waals surface area contributed by atoms with Crippen molar-refractivity contribution in [3.8, 4) is 0 Å². The second kappa shape index (κ2) is 8.80. The standard InChI is InChI=1S/C19H38N2O2/c1-16-7-5-6-8-17(16)23-14-13-20-9-11-21(12-10-20)15-18(22)19(2,3)4/h16-18,22H,5-15H2,1-4H3/t16-,17-,18-/m1/s1. The Morgan fingerprint density at radius 3 is 2.26 bits per heavy atom. The second-order valence-electron chi connectivity index (χ2n) is 8.70. The van der Waals surface area contributed by atoms with Crippen LogP contribution in [0.3, 0.4) is 0 Å².